The van der Waals surface area contributed by atoms with Gasteiger partial charge in [-0.1, -0.05) is 0 Å². The predicted octanol–water partition coefficient (Wildman–Crippen LogP) is 2.46. The quantitative estimate of drug-likeness (QED) is 0.902. The number of anilines is 1. The lowest BCUT2D eigenvalue weighted by atomic mass is 9.99. The first-order valence-corrected chi connectivity index (χ1v) is 6.55. The maximum absolute atomic E-state index is 13.1. The van der Waals surface area contributed by atoms with Crippen LogP contribution in [0.3, 0.4) is 0 Å². The Hall–Kier alpha value is -1.95. The summed E-state index contributed by atoms with van der Waals surface area (Å²) >= 11 is 0. The van der Waals surface area contributed by atoms with Crippen LogP contribution in [0.15, 0.2) is 18.2 Å². The van der Waals surface area contributed by atoms with Gasteiger partial charge in [-0.05, 0) is 43.9 Å². The van der Waals surface area contributed by atoms with E-state index >= 15 is 0 Å². The highest BCUT2D eigenvalue weighted by Gasteiger charge is 2.47. The van der Waals surface area contributed by atoms with E-state index in [9.17, 15) is 9.18 Å². The zero-order chi connectivity index (χ0) is 14.3. The van der Waals surface area contributed by atoms with Gasteiger partial charge in [-0.2, -0.15) is 0 Å². The first-order chi connectivity index (χ1) is 9.53. The maximum Gasteiger partial charge on any atom is 0.258 e. The van der Waals surface area contributed by atoms with Crippen molar-refractivity contribution >= 4 is 22.9 Å². The molecule has 1 aliphatic carbocycles. The molecule has 0 bridgehead atoms. The number of rotatable bonds is 4. The van der Waals surface area contributed by atoms with Crippen LogP contribution in [0.5, 0.6) is 0 Å². The van der Waals surface area contributed by atoms with E-state index in [-0.39, 0.29) is 17.6 Å². The van der Waals surface area contributed by atoms with E-state index in [0.717, 1.165) is 12.8 Å². The van der Waals surface area contributed by atoms with Crippen molar-refractivity contribution < 1.29 is 13.9 Å². The summed E-state index contributed by atoms with van der Waals surface area (Å²) in [5, 5.41) is 2.71. The number of imidazole rings is 1. The van der Waals surface area contributed by atoms with Gasteiger partial charge < -0.3 is 9.72 Å². The van der Waals surface area contributed by atoms with Gasteiger partial charge in [-0.15, -0.1) is 0 Å². The number of hydrogen-bond acceptors (Lipinski definition) is 3. The van der Waals surface area contributed by atoms with Gasteiger partial charge in [0.1, 0.15) is 11.4 Å². The van der Waals surface area contributed by atoms with Crippen LogP contribution >= 0.6 is 0 Å². The number of nitrogens with zero attached hydrogens (tertiary/aromatic N) is 1. The molecule has 2 N–H and O–H groups in total. The van der Waals surface area contributed by atoms with Crippen molar-refractivity contribution in [1.29, 1.82) is 0 Å². The fraction of sp³-hybridized carbons (Fsp3) is 0.429. The minimum Gasteiger partial charge on any atom is -0.368 e. The number of ether oxygens (including phenoxy) is 1. The lowest BCUT2D eigenvalue weighted by Gasteiger charge is -2.25. The predicted molar refractivity (Wildman–Crippen MR) is 72.8 cm³/mol. The lowest BCUT2D eigenvalue weighted by Crippen LogP contribution is -2.44. The number of benzene rings is 1. The fourth-order valence-electron chi connectivity index (χ4n) is 2.35. The number of nitrogens with one attached hydrogen (secondary N) is 2. The van der Waals surface area contributed by atoms with E-state index in [4.69, 9.17) is 4.74 Å². The minimum atomic E-state index is -0.843. The molecule has 1 aromatic carbocycles. The second-order valence-corrected chi connectivity index (χ2v) is 5.29. The van der Waals surface area contributed by atoms with Crippen molar-refractivity contribution in [3.8, 4) is 0 Å². The molecule has 0 spiro atoms. The van der Waals surface area contributed by atoms with Crippen LogP contribution in [0, 0.1) is 11.7 Å². The van der Waals surface area contributed by atoms with Crippen molar-refractivity contribution in [3.63, 3.8) is 0 Å². The van der Waals surface area contributed by atoms with Gasteiger partial charge in [0.25, 0.3) is 5.91 Å². The van der Waals surface area contributed by atoms with Gasteiger partial charge in [-0.3, -0.25) is 10.1 Å². The Morgan fingerprint density at radius 2 is 2.30 bits per heavy atom. The molecule has 1 saturated carbocycles. The summed E-state index contributed by atoms with van der Waals surface area (Å²) in [5.74, 6) is -0.0328. The minimum absolute atomic E-state index is 0.234. The van der Waals surface area contributed by atoms with Gasteiger partial charge >= 0.3 is 0 Å². The molecule has 1 heterocycles. The van der Waals surface area contributed by atoms with Gasteiger partial charge in [0.05, 0.1) is 11.0 Å². The highest BCUT2D eigenvalue weighted by Crippen LogP contribution is 2.42. The Labute approximate surface area is 115 Å². The molecule has 0 saturated heterocycles. The highest BCUT2D eigenvalue weighted by molar-refractivity contribution is 5.97. The number of aromatic amines is 1. The van der Waals surface area contributed by atoms with Crippen molar-refractivity contribution in [2.75, 3.05) is 12.4 Å². The van der Waals surface area contributed by atoms with E-state index in [1.165, 1.54) is 19.2 Å². The molecular weight excluding hydrogens is 261 g/mol. The molecule has 1 aromatic heterocycles. The van der Waals surface area contributed by atoms with Crippen LogP contribution in [-0.4, -0.2) is 28.6 Å². The van der Waals surface area contributed by atoms with Crippen LogP contribution in [0.4, 0.5) is 10.3 Å². The standard InChI is InChI=1S/C14H16FN3O2/c1-14(20-2,8-3-4-8)12(19)18-13-16-10-6-5-9(15)7-11(10)17-13/h5-8H,3-4H2,1-2H3,(H2,16,17,18,19). The van der Waals surface area contributed by atoms with Crippen molar-refractivity contribution in [1.82, 2.24) is 9.97 Å². The molecule has 3 rings (SSSR count). The molecule has 1 aliphatic rings. The maximum atomic E-state index is 13.1. The summed E-state index contributed by atoms with van der Waals surface area (Å²) in [6, 6.07) is 4.24. The SMILES string of the molecule is COC(C)(C(=O)Nc1nc2ccc(F)cc2[nH]1)C1CC1. The average Bonchev–Trinajstić information content (AvgIpc) is 3.20. The number of fused-ring (bicyclic) bond motifs is 1. The number of H-pyrrole nitrogens is 1. The highest BCUT2D eigenvalue weighted by atomic mass is 19.1. The Morgan fingerprint density at radius 3 is 2.95 bits per heavy atom. The van der Waals surface area contributed by atoms with Crippen LogP contribution in [0.25, 0.3) is 11.0 Å². The molecule has 20 heavy (non-hydrogen) atoms. The Balaban J connectivity index is 1.83. The van der Waals surface area contributed by atoms with Gasteiger partial charge in [0.2, 0.25) is 5.95 Å². The summed E-state index contributed by atoms with van der Waals surface area (Å²) in [6.45, 7) is 1.78. The number of carbonyl (C=O) groups excluding carboxylic acids is 1. The molecule has 0 aliphatic heterocycles. The molecule has 1 amide bonds. The molecule has 106 valence electrons. The van der Waals surface area contributed by atoms with Crippen LogP contribution in [0.2, 0.25) is 0 Å². The molecule has 1 atom stereocenters. The molecule has 0 radical (unpaired) electrons. The third kappa shape index (κ3) is 2.16. The second-order valence-electron chi connectivity index (χ2n) is 5.29. The Kier molecular flexibility index (Phi) is 2.97. The van der Waals surface area contributed by atoms with Crippen LogP contribution < -0.4 is 5.32 Å². The third-order valence-corrected chi connectivity index (χ3v) is 3.91. The molecule has 6 heteroatoms. The largest absolute Gasteiger partial charge is 0.368 e. The van der Waals surface area contributed by atoms with Crippen molar-refractivity contribution in [2.45, 2.75) is 25.4 Å². The van der Waals surface area contributed by atoms with Gasteiger partial charge in [0, 0.05) is 7.11 Å². The van der Waals surface area contributed by atoms with Crippen molar-refractivity contribution in [2.24, 2.45) is 5.92 Å². The summed E-state index contributed by atoms with van der Waals surface area (Å²) in [5.41, 5.74) is 0.308. The Morgan fingerprint density at radius 1 is 1.55 bits per heavy atom. The Bertz CT molecular complexity index is 665. The fourth-order valence-corrected chi connectivity index (χ4v) is 2.35. The normalized spacial score (nSPS) is 17.9. The van der Waals surface area contributed by atoms with E-state index in [0.29, 0.717) is 17.0 Å². The summed E-state index contributed by atoms with van der Waals surface area (Å²) in [6.07, 6.45) is 1.98. The number of methoxy groups -OCH3 is 1. The number of amides is 1. The average molecular weight is 277 g/mol. The van der Waals surface area contributed by atoms with E-state index in [2.05, 4.69) is 15.3 Å². The molecule has 2 aromatic rings. The van der Waals surface area contributed by atoms with Crippen LogP contribution in [-0.2, 0) is 9.53 Å². The molecular formula is C14H16FN3O2. The zero-order valence-corrected chi connectivity index (χ0v) is 11.4. The van der Waals surface area contributed by atoms with E-state index < -0.39 is 5.60 Å². The number of carbonyl (C=O) groups is 1. The smallest absolute Gasteiger partial charge is 0.258 e. The van der Waals surface area contributed by atoms with Crippen molar-refractivity contribution in [3.05, 3.63) is 24.0 Å². The summed E-state index contributed by atoms with van der Waals surface area (Å²) in [7, 11) is 1.53. The third-order valence-electron chi connectivity index (χ3n) is 3.91. The van der Waals surface area contributed by atoms with Crippen LogP contribution in [0.1, 0.15) is 19.8 Å². The number of halogens is 1. The summed E-state index contributed by atoms with van der Waals surface area (Å²) < 4.78 is 18.5. The second kappa shape index (κ2) is 4.56. The van der Waals surface area contributed by atoms with E-state index in [1.807, 2.05) is 0 Å². The topological polar surface area (TPSA) is 67.0 Å². The zero-order valence-electron chi connectivity index (χ0n) is 11.4. The molecule has 5 nitrogen and oxygen atoms in total. The number of hydrogen-bond donors (Lipinski definition) is 2. The van der Waals surface area contributed by atoms with Gasteiger partial charge in [0.15, 0.2) is 0 Å². The molecule has 1 fully saturated rings. The van der Waals surface area contributed by atoms with E-state index in [1.54, 1.807) is 13.0 Å². The van der Waals surface area contributed by atoms with Gasteiger partial charge in [-0.25, -0.2) is 9.37 Å². The first kappa shape index (κ1) is 13.1. The first-order valence-electron chi connectivity index (χ1n) is 6.55. The summed E-state index contributed by atoms with van der Waals surface area (Å²) in [4.78, 5) is 19.4. The number of aromatic nitrogens is 2. The lowest BCUT2D eigenvalue weighted by molar-refractivity contribution is -0.138. The molecule has 1 unspecified atom stereocenters. The monoisotopic (exact) mass is 277 g/mol.